The van der Waals surface area contributed by atoms with Gasteiger partial charge in [-0.2, -0.15) is 5.26 Å². The zero-order valence-electron chi connectivity index (χ0n) is 22.1. The molecule has 1 aliphatic heterocycles. The number of nitriles is 1. The van der Waals surface area contributed by atoms with Gasteiger partial charge in [0.05, 0.1) is 11.9 Å². The monoisotopic (exact) mass is 525 g/mol. The fraction of sp³-hybridized carbons (Fsp3) is 0.258. The third-order valence-electron chi connectivity index (χ3n) is 6.40. The molecule has 38 heavy (non-hydrogen) atoms. The zero-order valence-corrected chi connectivity index (χ0v) is 22.9. The van der Waals surface area contributed by atoms with Gasteiger partial charge in [0.25, 0.3) is 5.91 Å². The molecule has 1 aliphatic rings. The fourth-order valence-electron chi connectivity index (χ4n) is 4.14. The molecule has 0 saturated carbocycles. The number of para-hydroxylation sites is 1. The number of anilines is 2. The van der Waals surface area contributed by atoms with Gasteiger partial charge in [-0.15, -0.1) is 0 Å². The normalized spacial score (nSPS) is 16.2. The van der Waals surface area contributed by atoms with Gasteiger partial charge < -0.3 is 10.1 Å². The molecule has 4 rings (SSSR count). The first-order valence-electron chi connectivity index (χ1n) is 12.6. The summed E-state index contributed by atoms with van der Waals surface area (Å²) >= 11 is 1.25. The van der Waals surface area contributed by atoms with Crippen molar-refractivity contribution in [2.75, 3.05) is 16.8 Å². The summed E-state index contributed by atoms with van der Waals surface area (Å²) < 4.78 is 5.92. The maximum absolute atomic E-state index is 13.9. The van der Waals surface area contributed by atoms with Crippen LogP contribution in [0.1, 0.15) is 35.6 Å². The average molecular weight is 526 g/mol. The average Bonchev–Trinajstić information content (AvgIpc) is 3.22. The van der Waals surface area contributed by atoms with Gasteiger partial charge in [0.1, 0.15) is 22.4 Å². The van der Waals surface area contributed by atoms with Crippen LogP contribution in [0.2, 0.25) is 0 Å². The molecule has 1 fully saturated rings. The molecule has 0 bridgehead atoms. The van der Waals surface area contributed by atoms with Gasteiger partial charge in [0, 0.05) is 11.4 Å². The maximum Gasteiger partial charge on any atom is 0.269 e. The Bertz CT molecular complexity index is 1420. The van der Waals surface area contributed by atoms with Crippen molar-refractivity contribution in [2.24, 2.45) is 0 Å². The van der Waals surface area contributed by atoms with Crippen molar-refractivity contribution in [3.63, 3.8) is 0 Å². The highest BCUT2D eigenvalue weighted by Crippen LogP contribution is 2.43. The molecule has 6 nitrogen and oxygen atoms in total. The quantitative estimate of drug-likeness (QED) is 0.269. The molecule has 1 heterocycles. The van der Waals surface area contributed by atoms with E-state index in [9.17, 15) is 14.9 Å². The number of aryl methyl sites for hydroxylation is 3. The standard InChI is InChI=1S/C31H31N3O3S/c1-5-16-37-27-9-7-6-8-23(27)18-28-30(36)34(25-15-12-21(3)22(4)17-25)31(38-28)26(19-32)29(35)33-24-13-10-20(2)11-14-24/h6-15,17,28H,5,16,18H2,1-4H3,(H,33,35)/b31-26-. The first kappa shape index (κ1) is 27.0. The predicted molar refractivity (Wildman–Crippen MR) is 153 cm³/mol. The number of hydrogen-bond donors (Lipinski definition) is 1. The molecular formula is C31H31N3O3S. The number of rotatable bonds is 8. The Hall–Kier alpha value is -4.02. The van der Waals surface area contributed by atoms with Gasteiger partial charge in [0.15, 0.2) is 0 Å². The van der Waals surface area contributed by atoms with Crippen molar-refractivity contribution in [1.82, 2.24) is 0 Å². The second kappa shape index (κ2) is 12.0. The number of carbonyl (C=O) groups excluding carboxylic acids is 2. The summed E-state index contributed by atoms with van der Waals surface area (Å²) in [6.07, 6.45) is 1.28. The smallest absolute Gasteiger partial charge is 0.269 e. The molecule has 1 saturated heterocycles. The Balaban J connectivity index is 1.73. The predicted octanol–water partition coefficient (Wildman–Crippen LogP) is 6.47. The summed E-state index contributed by atoms with van der Waals surface area (Å²) in [6, 6.07) is 22.8. The number of amides is 2. The van der Waals surface area contributed by atoms with E-state index in [-0.39, 0.29) is 11.5 Å². The van der Waals surface area contributed by atoms with Gasteiger partial charge in [-0.3, -0.25) is 14.5 Å². The lowest BCUT2D eigenvalue weighted by Gasteiger charge is -2.20. The van der Waals surface area contributed by atoms with Crippen LogP contribution in [-0.2, 0) is 16.0 Å². The van der Waals surface area contributed by atoms with E-state index >= 15 is 0 Å². The fourth-order valence-corrected chi connectivity index (χ4v) is 5.44. The van der Waals surface area contributed by atoms with Crippen molar-refractivity contribution in [1.29, 1.82) is 5.26 Å². The summed E-state index contributed by atoms with van der Waals surface area (Å²) in [5.41, 5.74) is 5.20. The van der Waals surface area contributed by atoms with Crippen LogP contribution in [-0.4, -0.2) is 23.7 Å². The van der Waals surface area contributed by atoms with Crippen molar-refractivity contribution in [3.8, 4) is 11.8 Å². The van der Waals surface area contributed by atoms with Crippen LogP contribution in [0.4, 0.5) is 11.4 Å². The maximum atomic E-state index is 13.9. The number of nitrogens with zero attached hydrogens (tertiary/aromatic N) is 2. The number of thioether (sulfide) groups is 1. The van der Waals surface area contributed by atoms with E-state index < -0.39 is 11.2 Å². The molecule has 0 radical (unpaired) electrons. The molecule has 194 valence electrons. The van der Waals surface area contributed by atoms with Crippen LogP contribution < -0.4 is 15.0 Å². The molecular weight excluding hydrogens is 494 g/mol. The van der Waals surface area contributed by atoms with Gasteiger partial charge >= 0.3 is 0 Å². The summed E-state index contributed by atoms with van der Waals surface area (Å²) in [5, 5.41) is 12.7. The van der Waals surface area contributed by atoms with Crippen LogP contribution in [0.3, 0.4) is 0 Å². The molecule has 1 unspecified atom stereocenters. The van der Waals surface area contributed by atoms with E-state index in [0.29, 0.717) is 29.4 Å². The van der Waals surface area contributed by atoms with E-state index in [0.717, 1.165) is 34.4 Å². The molecule has 3 aromatic rings. The molecule has 3 aromatic carbocycles. The van der Waals surface area contributed by atoms with Crippen LogP contribution >= 0.6 is 11.8 Å². The van der Waals surface area contributed by atoms with Gasteiger partial charge in [0.2, 0.25) is 5.91 Å². The van der Waals surface area contributed by atoms with E-state index in [4.69, 9.17) is 4.74 Å². The Morgan fingerprint density at radius 2 is 1.79 bits per heavy atom. The Morgan fingerprint density at radius 1 is 1.05 bits per heavy atom. The van der Waals surface area contributed by atoms with Gasteiger partial charge in [-0.1, -0.05) is 60.6 Å². The van der Waals surface area contributed by atoms with Gasteiger partial charge in [-0.25, -0.2) is 0 Å². The molecule has 0 aliphatic carbocycles. The summed E-state index contributed by atoms with van der Waals surface area (Å²) in [7, 11) is 0. The minimum absolute atomic E-state index is 0.0971. The second-order valence-electron chi connectivity index (χ2n) is 9.32. The lowest BCUT2D eigenvalue weighted by atomic mass is 10.1. The minimum Gasteiger partial charge on any atom is -0.493 e. The van der Waals surface area contributed by atoms with Crippen molar-refractivity contribution >= 4 is 35.0 Å². The number of benzene rings is 3. The highest BCUT2D eigenvalue weighted by Gasteiger charge is 2.41. The van der Waals surface area contributed by atoms with Crippen LogP contribution in [0, 0.1) is 32.1 Å². The van der Waals surface area contributed by atoms with Crippen LogP contribution in [0.5, 0.6) is 5.75 Å². The Kier molecular flexibility index (Phi) is 8.55. The lowest BCUT2D eigenvalue weighted by Crippen LogP contribution is -2.31. The first-order valence-corrected chi connectivity index (χ1v) is 13.5. The summed E-state index contributed by atoms with van der Waals surface area (Å²) in [4.78, 5) is 28.7. The van der Waals surface area contributed by atoms with Crippen molar-refractivity contribution < 1.29 is 14.3 Å². The first-order chi connectivity index (χ1) is 18.3. The van der Waals surface area contributed by atoms with Crippen molar-refractivity contribution in [2.45, 2.75) is 45.8 Å². The number of carbonyl (C=O) groups is 2. The highest BCUT2D eigenvalue weighted by molar-refractivity contribution is 8.05. The number of nitrogens with one attached hydrogen (secondary N) is 1. The third kappa shape index (κ3) is 5.92. The Morgan fingerprint density at radius 3 is 2.47 bits per heavy atom. The summed E-state index contributed by atoms with van der Waals surface area (Å²) in [6.45, 7) is 8.57. The third-order valence-corrected chi connectivity index (χ3v) is 7.67. The minimum atomic E-state index is -0.548. The van der Waals surface area contributed by atoms with E-state index in [1.54, 1.807) is 12.1 Å². The zero-order chi connectivity index (χ0) is 27.2. The number of hydrogen-bond acceptors (Lipinski definition) is 5. The second-order valence-corrected chi connectivity index (χ2v) is 10.5. The van der Waals surface area contributed by atoms with E-state index in [1.165, 1.54) is 16.7 Å². The van der Waals surface area contributed by atoms with Gasteiger partial charge in [-0.05, 0) is 80.6 Å². The molecule has 1 N–H and O–H groups in total. The molecule has 0 aromatic heterocycles. The van der Waals surface area contributed by atoms with E-state index in [2.05, 4.69) is 11.4 Å². The van der Waals surface area contributed by atoms with Crippen molar-refractivity contribution in [3.05, 3.63) is 99.6 Å². The van der Waals surface area contributed by atoms with Crippen LogP contribution in [0.15, 0.2) is 77.3 Å². The SMILES string of the molecule is CCCOc1ccccc1CC1S/C(=C(/C#N)C(=O)Nc2ccc(C)cc2)N(c2ccc(C)c(C)c2)C1=O. The number of ether oxygens (including phenoxy) is 1. The molecule has 0 spiro atoms. The molecule has 1 atom stereocenters. The largest absolute Gasteiger partial charge is 0.493 e. The lowest BCUT2D eigenvalue weighted by molar-refractivity contribution is -0.117. The topological polar surface area (TPSA) is 82.4 Å². The molecule has 2 amide bonds. The van der Waals surface area contributed by atoms with Crippen LogP contribution in [0.25, 0.3) is 0 Å². The Labute approximate surface area is 228 Å². The van der Waals surface area contributed by atoms with E-state index in [1.807, 2.05) is 82.3 Å². The molecule has 7 heteroatoms. The summed E-state index contributed by atoms with van der Waals surface area (Å²) in [5.74, 6) is 0.0257. The highest BCUT2D eigenvalue weighted by atomic mass is 32.2.